The van der Waals surface area contributed by atoms with E-state index in [1.807, 2.05) is 12.1 Å². The van der Waals surface area contributed by atoms with Crippen LogP contribution in [0.2, 0.25) is 0 Å². The molecule has 1 heterocycles. The van der Waals surface area contributed by atoms with E-state index in [1.165, 1.54) is 63.4 Å². The fourth-order valence-electron chi connectivity index (χ4n) is 5.48. The summed E-state index contributed by atoms with van der Waals surface area (Å²) in [6, 6.07) is 10.5. The van der Waals surface area contributed by atoms with E-state index < -0.39 is 0 Å². The van der Waals surface area contributed by atoms with Crippen LogP contribution in [0.4, 0.5) is 4.39 Å². The summed E-state index contributed by atoms with van der Waals surface area (Å²) in [5.74, 6) is 1.26. The maximum atomic E-state index is 15.1. The lowest BCUT2D eigenvalue weighted by Gasteiger charge is -2.29. The van der Waals surface area contributed by atoms with Gasteiger partial charge in [-0.2, -0.15) is 0 Å². The van der Waals surface area contributed by atoms with Gasteiger partial charge < -0.3 is 4.42 Å². The largest absolute Gasteiger partial charge is 0.441 e. The molecule has 0 bridgehead atoms. The van der Waals surface area contributed by atoms with Crippen LogP contribution in [0.15, 0.2) is 34.7 Å². The molecular formula is C29H37FOS. The molecule has 0 aliphatic heterocycles. The number of fused-ring (bicyclic) bond motifs is 3. The van der Waals surface area contributed by atoms with Crippen LogP contribution < -0.4 is 0 Å². The molecule has 2 aromatic carbocycles. The van der Waals surface area contributed by atoms with Gasteiger partial charge in [0, 0.05) is 10.8 Å². The summed E-state index contributed by atoms with van der Waals surface area (Å²) in [5, 5.41) is 2.78. The van der Waals surface area contributed by atoms with Crippen molar-refractivity contribution in [2.75, 3.05) is 0 Å². The predicted molar refractivity (Wildman–Crippen MR) is 137 cm³/mol. The first-order valence-corrected chi connectivity index (χ1v) is 13.2. The number of aryl methyl sites for hydroxylation is 1. The van der Waals surface area contributed by atoms with Crippen molar-refractivity contribution in [3.63, 3.8) is 0 Å². The highest BCUT2D eigenvalue weighted by molar-refractivity contribution is 7.71. The Morgan fingerprint density at radius 1 is 0.875 bits per heavy atom. The Kier molecular flexibility index (Phi) is 7.99. The molecule has 0 saturated heterocycles. The normalized spacial score (nSPS) is 19.1. The molecule has 0 unspecified atom stereocenters. The molecule has 1 fully saturated rings. The van der Waals surface area contributed by atoms with E-state index in [1.54, 1.807) is 0 Å². The van der Waals surface area contributed by atoms with Gasteiger partial charge in [0.05, 0.1) is 0 Å². The van der Waals surface area contributed by atoms with Gasteiger partial charge in [-0.15, -0.1) is 0 Å². The molecule has 1 aliphatic rings. The molecule has 0 spiro atoms. The van der Waals surface area contributed by atoms with Gasteiger partial charge in [-0.05, 0) is 85.2 Å². The predicted octanol–water partition coefficient (Wildman–Crippen LogP) is 10.0. The number of hydrogen-bond donors (Lipinski definition) is 0. The topological polar surface area (TPSA) is 13.1 Å². The minimum Gasteiger partial charge on any atom is -0.441 e. The number of benzene rings is 2. The smallest absolute Gasteiger partial charge is 0.198 e. The summed E-state index contributed by atoms with van der Waals surface area (Å²) in [6.45, 7) is 4.40. The molecule has 1 nitrogen and oxygen atoms in total. The van der Waals surface area contributed by atoms with Crippen molar-refractivity contribution >= 4 is 34.0 Å². The first-order chi connectivity index (χ1) is 15.6. The minimum atomic E-state index is -0.245. The standard InChI is InChI=1S/C29H37FOS/c1-3-5-7-8-9-20-11-13-21(14-12-20)23-16-17-24-25-18-15-22(10-6-4-2)27(30)28(25)31-29(32)26(24)19-23/h15-21H,3-14H2,1-2H3. The molecular weight excluding hydrogens is 415 g/mol. The molecule has 1 saturated carbocycles. The van der Waals surface area contributed by atoms with Gasteiger partial charge in [-0.3, -0.25) is 0 Å². The number of halogens is 1. The molecule has 32 heavy (non-hydrogen) atoms. The van der Waals surface area contributed by atoms with E-state index in [2.05, 4.69) is 32.0 Å². The zero-order valence-electron chi connectivity index (χ0n) is 19.7. The van der Waals surface area contributed by atoms with Gasteiger partial charge in [0.25, 0.3) is 0 Å². The summed E-state index contributed by atoms with van der Waals surface area (Å²) in [5.41, 5.74) is 2.40. The Morgan fingerprint density at radius 3 is 2.38 bits per heavy atom. The highest BCUT2D eigenvalue weighted by atomic mass is 32.1. The van der Waals surface area contributed by atoms with Gasteiger partial charge in [0.2, 0.25) is 0 Å². The van der Waals surface area contributed by atoms with Crippen molar-refractivity contribution in [2.24, 2.45) is 5.92 Å². The lowest BCUT2D eigenvalue weighted by atomic mass is 9.77. The average molecular weight is 453 g/mol. The monoisotopic (exact) mass is 452 g/mol. The number of rotatable bonds is 9. The van der Waals surface area contributed by atoms with Crippen LogP contribution in [0.1, 0.15) is 102 Å². The maximum absolute atomic E-state index is 15.1. The van der Waals surface area contributed by atoms with Gasteiger partial charge in [0.15, 0.2) is 16.1 Å². The van der Waals surface area contributed by atoms with E-state index >= 15 is 4.39 Å². The van der Waals surface area contributed by atoms with Crippen LogP contribution in [-0.2, 0) is 6.42 Å². The van der Waals surface area contributed by atoms with Crippen LogP contribution in [0.25, 0.3) is 21.7 Å². The second-order valence-electron chi connectivity index (χ2n) is 9.78. The van der Waals surface area contributed by atoms with Crippen molar-refractivity contribution in [3.8, 4) is 0 Å². The van der Waals surface area contributed by atoms with Crippen LogP contribution in [0.5, 0.6) is 0 Å². The van der Waals surface area contributed by atoms with Crippen molar-refractivity contribution in [1.82, 2.24) is 0 Å². The van der Waals surface area contributed by atoms with Crippen molar-refractivity contribution < 1.29 is 8.81 Å². The highest BCUT2D eigenvalue weighted by Crippen LogP contribution is 2.39. The third-order valence-corrected chi connectivity index (χ3v) is 7.81. The highest BCUT2D eigenvalue weighted by Gasteiger charge is 2.23. The zero-order chi connectivity index (χ0) is 22.5. The fourth-order valence-corrected chi connectivity index (χ4v) is 5.73. The van der Waals surface area contributed by atoms with Crippen molar-refractivity contribution in [2.45, 2.75) is 96.8 Å². The molecule has 1 aliphatic carbocycles. The van der Waals surface area contributed by atoms with Gasteiger partial charge in [0.1, 0.15) is 0 Å². The number of unbranched alkanes of at least 4 members (excludes halogenated alkanes) is 4. The lowest BCUT2D eigenvalue weighted by molar-refractivity contribution is 0.302. The zero-order valence-corrected chi connectivity index (χ0v) is 20.5. The van der Waals surface area contributed by atoms with Gasteiger partial charge in [-0.1, -0.05) is 76.6 Å². The Balaban J connectivity index is 1.54. The lowest BCUT2D eigenvalue weighted by Crippen LogP contribution is -2.13. The summed E-state index contributed by atoms with van der Waals surface area (Å²) >= 11 is 5.59. The first-order valence-electron chi connectivity index (χ1n) is 12.8. The van der Waals surface area contributed by atoms with Gasteiger partial charge >= 0.3 is 0 Å². The van der Waals surface area contributed by atoms with E-state index in [4.69, 9.17) is 16.6 Å². The summed E-state index contributed by atoms with van der Waals surface area (Å²) in [7, 11) is 0. The second-order valence-corrected chi connectivity index (χ2v) is 10.2. The van der Waals surface area contributed by atoms with E-state index in [-0.39, 0.29) is 5.82 Å². The van der Waals surface area contributed by atoms with E-state index in [0.29, 0.717) is 16.2 Å². The summed E-state index contributed by atoms with van der Waals surface area (Å²) < 4.78 is 21.4. The first kappa shape index (κ1) is 23.4. The van der Waals surface area contributed by atoms with E-state index in [0.717, 1.165) is 46.9 Å². The molecule has 0 radical (unpaired) electrons. The van der Waals surface area contributed by atoms with Gasteiger partial charge in [-0.25, -0.2) is 4.39 Å². The van der Waals surface area contributed by atoms with Crippen molar-refractivity contribution in [3.05, 3.63) is 52.0 Å². The van der Waals surface area contributed by atoms with E-state index in [9.17, 15) is 0 Å². The third-order valence-electron chi connectivity index (χ3n) is 7.51. The van der Waals surface area contributed by atoms with Crippen molar-refractivity contribution in [1.29, 1.82) is 0 Å². The quantitative estimate of drug-likeness (QED) is 0.182. The van der Waals surface area contributed by atoms with Crippen LogP contribution in [-0.4, -0.2) is 0 Å². The Bertz CT molecular complexity index is 1110. The molecule has 0 atom stereocenters. The molecule has 0 amide bonds. The molecule has 1 aromatic heterocycles. The Labute approximate surface area is 197 Å². The van der Waals surface area contributed by atoms with Crippen LogP contribution in [0, 0.1) is 16.4 Å². The Hall–Kier alpha value is -1.74. The SMILES string of the molecule is CCCCCCC1CCC(c2ccc3c(c2)c(=S)oc2c(F)c(CCCC)ccc23)CC1. The molecule has 3 aromatic rings. The fraction of sp³-hybridized carbons (Fsp3) is 0.552. The minimum absolute atomic E-state index is 0.245. The molecule has 172 valence electrons. The van der Waals surface area contributed by atoms with Crippen LogP contribution >= 0.6 is 12.2 Å². The third kappa shape index (κ3) is 5.09. The summed E-state index contributed by atoms with van der Waals surface area (Å²) in [6.07, 6.45) is 14.8. The molecule has 0 N–H and O–H groups in total. The molecule has 4 rings (SSSR count). The summed E-state index contributed by atoms with van der Waals surface area (Å²) in [4.78, 5) is 0. The van der Waals surface area contributed by atoms with Crippen LogP contribution in [0.3, 0.4) is 0 Å². The maximum Gasteiger partial charge on any atom is 0.198 e. The average Bonchev–Trinajstić information content (AvgIpc) is 2.82. The second kappa shape index (κ2) is 10.9. The Morgan fingerprint density at radius 2 is 1.62 bits per heavy atom. The number of hydrogen-bond acceptors (Lipinski definition) is 2. The molecule has 3 heteroatoms.